The number of imidazole rings is 1. The smallest absolute Gasteiger partial charge is 0.337 e. The molecule has 0 aliphatic heterocycles. The number of thiazole rings is 1. The Labute approximate surface area is 187 Å². The molecule has 166 valence electrons. The Balaban J connectivity index is 1.64. The van der Waals surface area contributed by atoms with E-state index in [0.717, 1.165) is 34.3 Å². The number of alkyl halides is 3. The van der Waals surface area contributed by atoms with Gasteiger partial charge in [-0.3, -0.25) is 9.69 Å². The van der Waals surface area contributed by atoms with Crippen molar-refractivity contribution in [3.05, 3.63) is 77.9 Å². The molecule has 4 aromatic rings. The molecule has 4 rings (SSSR count). The molecule has 2 aromatic heterocycles. The third-order valence-electron chi connectivity index (χ3n) is 5.16. The van der Waals surface area contributed by atoms with E-state index in [2.05, 4.69) is 4.98 Å². The number of nitrogens with zero attached hydrogens (tertiary/aromatic N) is 4. The van der Waals surface area contributed by atoms with Crippen molar-refractivity contribution in [1.29, 1.82) is 0 Å². The van der Waals surface area contributed by atoms with Gasteiger partial charge in [0.15, 0.2) is 5.13 Å². The Hall–Kier alpha value is -3.20. The van der Waals surface area contributed by atoms with E-state index in [1.165, 1.54) is 23.5 Å². The number of anilines is 1. The van der Waals surface area contributed by atoms with Gasteiger partial charge in [0.1, 0.15) is 0 Å². The highest BCUT2D eigenvalue weighted by Crippen LogP contribution is 2.33. The van der Waals surface area contributed by atoms with Crippen LogP contribution in [0.25, 0.3) is 10.2 Å². The molecule has 0 saturated carbocycles. The lowest BCUT2D eigenvalue weighted by atomic mass is 10.1. The molecule has 0 unspecified atom stereocenters. The fraction of sp³-hybridized carbons (Fsp3) is 0.261. The number of hydrogen-bond acceptors (Lipinski definition) is 4. The van der Waals surface area contributed by atoms with Gasteiger partial charge in [0, 0.05) is 31.0 Å². The lowest BCUT2D eigenvalue weighted by molar-refractivity contribution is -0.137. The van der Waals surface area contributed by atoms with Gasteiger partial charge in [-0.1, -0.05) is 30.4 Å². The van der Waals surface area contributed by atoms with Crippen LogP contribution >= 0.6 is 11.3 Å². The molecule has 0 spiro atoms. The monoisotopic (exact) mass is 458 g/mol. The van der Waals surface area contributed by atoms with Gasteiger partial charge in [0.2, 0.25) is 0 Å². The Morgan fingerprint density at radius 3 is 2.59 bits per heavy atom. The molecule has 0 saturated heterocycles. The number of fused-ring (bicyclic) bond motifs is 1. The van der Waals surface area contributed by atoms with E-state index in [4.69, 9.17) is 4.98 Å². The maximum absolute atomic E-state index is 13.3. The second-order valence-corrected chi connectivity index (χ2v) is 8.31. The summed E-state index contributed by atoms with van der Waals surface area (Å²) in [5, 5.41) is 0.538. The van der Waals surface area contributed by atoms with Crippen LogP contribution in [0.5, 0.6) is 0 Å². The molecule has 32 heavy (non-hydrogen) atoms. The zero-order valence-electron chi connectivity index (χ0n) is 17.3. The SMILES string of the molecule is CCc1cccc2sc(N(CCCn3ccnc3)C(=O)c3ccc(C(F)(F)F)cc3)nc12. The summed E-state index contributed by atoms with van der Waals surface area (Å²) in [4.78, 5) is 23.6. The van der Waals surface area contributed by atoms with Gasteiger partial charge >= 0.3 is 6.18 Å². The van der Waals surface area contributed by atoms with Crippen LogP contribution in [-0.4, -0.2) is 27.0 Å². The first-order valence-corrected chi connectivity index (χ1v) is 11.0. The fourth-order valence-corrected chi connectivity index (χ4v) is 4.50. The molecule has 2 aromatic carbocycles. The number of carbonyl (C=O) groups excluding carboxylic acids is 1. The number of amides is 1. The summed E-state index contributed by atoms with van der Waals surface area (Å²) in [6.07, 6.45) is 2.23. The third-order valence-corrected chi connectivity index (χ3v) is 6.21. The summed E-state index contributed by atoms with van der Waals surface area (Å²) < 4.78 is 41.7. The summed E-state index contributed by atoms with van der Waals surface area (Å²) in [5.74, 6) is -0.374. The quantitative estimate of drug-likeness (QED) is 0.351. The van der Waals surface area contributed by atoms with Crippen LogP contribution in [0.4, 0.5) is 18.3 Å². The molecule has 9 heteroatoms. The van der Waals surface area contributed by atoms with E-state index >= 15 is 0 Å². The molecule has 1 amide bonds. The number of carbonyl (C=O) groups is 1. The molecule has 2 heterocycles. The Morgan fingerprint density at radius 1 is 1.16 bits per heavy atom. The fourth-order valence-electron chi connectivity index (χ4n) is 3.47. The number of rotatable bonds is 7. The number of aryl methyl sites for hydroxylation is 2. The van der Waals surface area contributed by atoms with Crippen molar-refractivity contribution in [1.82, 2.24) is 14.5 Å². The molecule has 0 radical (unpaired) electrons. The van der Waals surface area contributed by atoms with Crippen LogP contribution in [-0.2, 0) is 19.1 Å². The zero-order chi connectivity index (χ0) is 22.7. The summed E-state index contributed by atoms with van der Waals surface area (Å²) >= 11 is 1.41. The minimum absolute atomic E-state index is 0.190. The Morgan fingerprint density at radius 2 is 1.94 bits per heavy atom. The summed E-state index contributed by atoms with van der Waals surface area (Å²) in [6, 6.07) is 10.2. The number of para-hydroxylation sites is 1. The van der Waals surface area contributed by atoms with Crippen LogP contribution in [0.15, 0.2) is 61.2 Å². The summed E-state index contributed by atoms with van der Waals surface area (Å²) in [5.41, 5.74) is 1.35. The van der Waals surface area contributed by atoms with E-state index in [9.17, 15) is 18.0 Å². The van der Waals surface area contributed by atoms with Crippen molar-refractivity contribution < 1.29 is 18.0 Å². The first kappa shape index (κ1) is 22.0. The topological polar surface area (TPSA) is 51.0 Å². The van der Waals surface area contributed by atoms with Crippen LogP contribution < -0.4 is 4.90 Å². The highest BCUT2D eigenvalue weighted by molar-refractivity contribution is 7.22. The summed E-state index contributed by atoms with van der Waals surface area (Å²) in [7, 11) is 0. The van der Waals surface area contributed by atoms with Gasteiger partial charge in [0.25, 0.3) is 5.91 Å². The van der Waals surface area contributed by atoms with Crippen LogP contribution in [0, 0.1) is 0 Å². The van der Waals surface area contributed by atoms with Gasteiger partial charge in [-0.2, -0.15) is 13.2 Å². The number of hydrogen-bond donors (Lipinski definition) is 0. The molecule has 0 aliphatic rings. The summed E-state index contributed by atoms with van der Waals surface area (Å²) in [6.45, 7) is 3.07. The second-order valence-electron chi connectivity index (χ2n) is 7.30. The molecule has 0 atom stereocenters. The molecular weight excluding hydrogens is 437 g/mol. The lowest BCUT2D eigenvalue weighted by Crippen LogP contribution is -2.32. The highest BCUT2D eigenvalue weighted by atomic mass is 32.1. The maximum Gasteiger partial charge on any atom is 0.416 e. The third kappa shape index (κ3) is 4.67. The molecule has 0 bridgehead atoms. The lowest BCUT2D eigenvalue weighted by Gasteiger charge is -2.20. The highest BCUT2D eigenvalue weighted by Gasteiger charge is 2.30. The Kier molecular flexibility index (Phi) is 6.27. The second kappa shape index (κ2) is 9.12. The van der Waals surface area contributed by atoms with E-state index in [0.29, 0.717) is 24.6 Å². The minimum atomic E-state index is -4.45. The predicted molar refractivity (Wildman–Crippen MR) is 119 cm³/mol. The number of halogens is 3. The minimum Gasteiger partial charge on any atom is -0.337 e. The van der Waals surface area contributed by atoms with Gasteiger partial charge in [-0.15, -0.1) is 0 Å². The molecule has 5 nitrogen and oxygen atoms in total. The average molecular weight is 459 g/mol. The Bertz CT molecular complexity index is 1200. The van der Waals surface area contributed by atoms with Gasteiger partial charge in [0.05, 0.1) is 22.1 Å². The van der Waals surface area contributed by atoms with Crippen molar-refractivity contribution in [2.24, 2.45) is 0 Å². The van der Waals surface area contributed by atoms with Crippen molar-refractivity contribution in [2.75, 3.05) is 11.4 Å². The molecule has 0 fully saturated rings. The zero-order valence-corrected chi connectivity index (χ0v) is 18.2. The van der Waals surface area contributed by atoms with Crippen LogP contribution in [0.2, 0.25) is 0 Å². The van der Waals surface area contributed by atoms with Crippen molar-refractivity contribution >= 4 is 32.6 Å². The van der Waals surface area contributed by atoms with Crippen LogP contribution in [0.3, 0.4) is 0 Å². The molecule has 0 aliphatic carbocycles. The van der Waals surface area contributed by atoms with Crippen molar-refractivity contribution in [3.63, 3.8) is 0 Å². The number of benzene rings is 2. The molecular formula is C23H21F3N4OS. The largest absolute Gasteiger partial charge is 0.416 e. The van der Waals surface area contributed by atoms with E-state index in [1.807, 2.05) is 35.9 Å². The van der Waals surface area contributed by atoms with Gasteiger partial charge in [-0.05, 0) is 48.7 Å². The van der Waals surface area contributed by atoms with E-state index < -0.39 is 11.7 Å². The van der Waals surface area contributed by atoms with Crippen molar-refractivity contribution in [3.8, 4) is 0 Å². The van der Waals surface area contributed by atoms with Gasteiger partial charge < -0.3 is 4.57 Å². The molecule has 0 N–H and O–H groups in total. The predicted octanol–water partition coefficient (Wildman–Crippen LogP) is 5.81. The van der Waals surface area contributed by atoms with E-state index in [-0.39, 0.29) is 11.5 Å². The first-order valence-electron chi connectivity index (χ1n) is 10.2. The van der Waals surface area contributed by atoms with Crippen LogP contribution in [0.1, 0.15) is 34.8 Å². The first-order chi connectivity index (χ1) is 15.4. The standard InChI is InChI=1S/C23H21F3N4OS/c1-2-16-5-3-6-19-20(16)28-22(32-19)30(13-4-12-29-14-11-27-15-29)21(31)17-7-9-18(10-8-17)23(24,25)26/h3,5-11,14-15H,2,4,12-13H2,1H3. The van der Waals surface area contributed by atoms with Crippen molar-refractivity contribution in [2.45, 2.75) is 32.5 Å². The van der Waals surface area contributed by atoms with Gasteiger partial charge in [-0.25, -0.2) is 9.97 Å². The average Bonchev–Trinajstić information content (AvgIpc) is 3.45. The maximum atomic E-state index is 13.3. The normalized spacial score (nSPS) is 11.8. The van der Waals surface area contributed by atoms with E-state index in [1.54, 1.807) is 17.4 Å². The number of aromatic nitrogens is 3.